The van der Waals surface area contributed by atoms with Crippen molar-refractivity contribution in [3.8, 4) is 0 Å². The SMILES string of the molecule is CCOC(=O)C(=O)N[C@@H]1C=C[C@]2(O[C@H](C(CC)C(=O)[C@@H](C)[C@@H](O)C3(C)C[C@]34O[C@@H]([C@@H](CC)C(=O)O)CC[C@@H]4C)[C@@H](C)C[C@H]2C)O[C@@]12CC[C@@](C)([C@H]1CC[C@](O)(CC)[C@H](C)O1)O2. The maximum absolute atomic E-state index is 14.8. The van der Waals surface area contributed by atoms with Crippen LogP contribution >= 0.6 is 0 Å². The second-order valence-corrected chi connectivity index (χ2v) is 20.2. The molecule has 61 heavy (non-hydrogen) atoms. The topological polar surface area (TPSA) is 196 Å². The molecule has 6 aliphatic rings. The third-order valence-electron chi connectivity index (χ3n) is 16.5. The molecule has 346 valence electrons. The molecule has 0 bridgehead atoms. The van der Waals surface area contributed by atoms with Gasteiger partial charge in [-0.05, 0) is 103 Å². The summed E-state index contributed by atoms with van der Waals surface area (Å²) in [5.74, 6) is -8.02. The number of amides is 1. The highest BCUT2D eigenvalue weighted by Gasteiger charge is 2.74. The molecule has 18 atom stereocenters. The number of hydrogen-bond acceptors (Lipinski definition) is 12. The Balaban J connectivity index is 1.25. The van der Waals surface area contributed by atoms with Crippen LogP contribution in [0.4, 0.5) is 0 Å². The van der Waals surface area contributed by atoms with Crippen LogP contribution in [-0.4, -0.2) is 110 Å². The molecule has 5 aliphatic heterocycles. The first-order valence-corrected chi connectivity index (χ1v) is 23.3. The van der Waals surface area contributed by atoms with E-state index < -0.39 is 106 Å². The molecule has 14 nitrogen and oxygen atoms in total. The molecular formula is C47H75NO13. The minimum absolute atomic E-state index is 0.0327. The summed E-state index contributed by atoms with van der Waals surface area (Å²) in [6.45, 7) is 21.2. The second kappa shape index (κ2) is 17.5. The Labute approximate surface area is 362 Å². The van der Waals surface area contributed by atoms with Gasteiger partial charge in [-0.3, -0.25) is 14.4 Å². The van der Waals surface area contributed by atoms with Crippen molar-refractivity contribution in [3.05, 3.63) is 12.2 Å². The molecule has 0 aromatic carbocycles. The fourth-order valence-corrected chi connectivity index (χ4v) is 12.2. The van der Waals surface area contributed by atoms with Gasteiger partial charge in [-0.25, -0.2) is 4.79 Å². The molecule has 4 saturated heterocycles. The molecule has 14 heteroatoms. The van der Waals surface area contributed by atoms with Gasteiger partial charge in [-0.15, -0.1) is 0 Å². The Hall–Kier alpha value is -2.46. The van der Waals surface area contributed by atoms with Crippen molar-refractivity contribution in [1.82, 2.24) is 5.32 Å². The number of ketones is 1. The lowest BCUT2D eigenvalue weighted by Gasteiger charge is -2.55. The third-order valence-corrected chi connectivity index (χ3v) is 16.5. The first kappa shape index (κ1) is 48.0. The monoisotopic (exact) mass is 862 g/mol. The summed E-state index contributed by atoms with van der Waals surface area (Å²) >= 11 is 0. The van der Waals surface area contributed by atoms with Gasteiger partial charge in [0.05, 0.1) is 59.8 Å². The van der Waals surface area contributed by atoms with Crippen molar-refractivity contribution in [1.29, 1.82) is 0 Å². The van der Waals surface area contributed by atoms with Gasteiger partial charge < -0.3 is 49.1 Å². The highest BCUT2D eigenvalue weighted by Crippen LogP contribution is 2.68. The Morgan fingerprint density at radius 1 is 0.902 bits per heavy atom. The smallest absolute Gasteiger partial charge is 0.396 e. The lowest BCUT2D eigenvalue weighted by molar-refractivity contribution is -0.398. The number of hydrogen-bond donors (Lipinski definition) is 4. The Morgan fingerprint density at radius 3 is 2.20 bits per heavy atom. The number of aliphatic hydroxyl groups excluding tert-OH is 1. The van der Waals surface area contributed by atoms with Crippen LogP contribution in [0, 0.1) is 40.9 Å². The van der Waals surface area contributed by atoms with Crippen LogP contribution in [0.3, 0.4) is 0 Å². The number of carbonyl (C=O) groups is 4. The number of aliphatic carboxylic acids is 1. The van der Waals surface area contributed by atoms with Crippen molar-refractivity contribution in [2.24, 2.45) is 40.9 Å². The maximum atomic E-state index is 14.8. The quantitative estimate of drug-likeness (QED) is 0.0955. The number of carbonyl (C=O) groups excluding carboxylic acids is 3. The van der Waals surface area contributed by atoms with Crippen LogP contribution in [0.15, 0.2) is 12.2 Å². The average Bonchev–Trinajstić information content (AvgIpc) is 3.67. The molecule has 6 rings (SSSR count). The van der Waals surface area contributed by atoms with Crippen molar-refractivity contribution in [2.75, 3.05) is 6.61 Å². The lowest BCUT2D eigenvalue weighted by atomic mass is 9.72. The van der Waals surface area contributed by atoms with E-state index >= 15 is 0 Å². The van der Waals surface area contributed by atoms with Crippen molar-refractivity contribution >= 4 is 23.6 Å². The molecular weight excluding hydrogens is 787 g/mol. The number of rotatable bonds is 13. The molecule has 3 spiro atoms. The number of carboxylic acids is 1. The zero-order chi connectivity index (χ0) is 45.1. The molecule has 1 aliphatic carbocycles. The van der Waals surface area contributed by atoms with E-state index in [0.717, 1.165) is 6.42 Å². The van der Waals surface area contributed by atoms with Crippen LogP contribution in [-0.2, 0) is 47.6 Å². The fraction of sp³-hybridized carbons (Fsp3) is 0.872. The largest absolute Gasteiger partial charge is 0.481 e. The molecule has 2 unspecified atom stereocenters. The number of Topliss-reactive ketones (excluding diaryl/α,β-unsaturated/α-hetero) is 1. The van der Waals surface area contributed by atoms with Crippen molar-refractivity contribution in [3.63, 3.8) is 0 Å². The number of aliphatic hydroxyl groups is 2. The minimum atomic E-state index is -1.49. The van der Waals surface area contributed by atoms with Crippen LogP contribution < -0.4 is 5.32 Å². The van der Waals surface area contributed by atoms with E-state index in [1.807, 2.05) is 48.5 Å². The van der Waals surface area contributed by atoms with Gasteiger partial charge in [0.2, 0.25) is 0 Å². The third kappa shape index (κ3) is 8.27. The van der Waals surface area contributed by atoms with Gasteiger partial charge in [-0.1, -0.05) is 61.5 Å². The van der Waals surface area contributed by atoms with Crippen LogP contribution in [0.25, 0.3) is 0 Å². The van der Waals surface area contributed by atoms with E-state index in [-0.39, 0.29) is 30.1 Å². The van der Waals surface area contributed by atoms with Gasteiger partial charge >= 0.3 is 17.8 Å². The molecule has 1 saturated carbocycles. The molecule has 0 radical (unpaired) electrons. The molecule has 0 aromatic heterocycles. The van der Waals surface area contributed by atoms with Gasteiger partial charge in [0, 0.05) is 29.6 Å². The van der Waals surface area contributed by atoms with E-state index in [1.165, 1.54) is 0 Å². The first-order valence-electron chi connectivity index (χ1n) is 23.3. The summed E-state index contributed by atoms with van der Waals surface area (Å²) in [5.41, 5.74) is -3.29. The Kier molecular flexibility index (Phi) is 13.8. The van der Waals surface area contributed by atoms with Crippen molar-refractivity contribution < 1.29 is 62.9 Å². The molecule has 0 aromatic rings. The zero-order valence-electron chi connectivity index (χ0n) is 38.5. The van der Waals surface area contributed by atoms with E-state index in [0.29, 0.717) is 64.2 Å². The predicted octanol–water partition coefficient (Wildman–Crippen LogP) is 6.02. The molecule has 1 amide bonds. The van der Waals surface area contributed by atoms with E-state index in [9.17, 15) is 34.5 Å². The van der Waals surface area contributed by atoms with Crippen LogP contribution in [0.1, 0.15) is 147 Å². The lowest BCUT2D eigenvalue weighted by Crippen LogP contribution is -2.66. The standard InChI is InChI=1S/C47H75NO13/c1-12-31(40(52)53)33-17-16-27(6)45(58-33)25-42(45,10)38(50)29(8)36(49)32(13-2)37-26(5)24-28(7)46(59-37)21-18-34(48-39(51)41(54)56-15-4)47(61-46)23-22-43(11,60-47)35-19-20-44(55,14-3)30(9)57-35/h18,21,26-35,37-38,50,55H,12-17,19-20,22-25H2,1-11H3,(H,48,51)(H,52,53)/t26-,27-,28+,29+,30-,31+,32?,33+,34+,35+,37-,38+,42?,43-,44+,45+,46-,47-/m0/s1. The van der Waals surface area contributed by atoms with Gasteiger partial charge in [0.1, 0.15) is 11.8 Å². The van der Waals surface area contributed by atoms with E-state index in [4.69, 9.17) is 28.4 Å². The van der Waals surface area contributed by atoms with E-state index in [1.54, 1.807) is 26.0 Å². The number of ether oxygens (including phenoxy) is 6. The molecule has 4 N–H and O–H groups in total. The highest BCUT2D eigenvalue weighted by molar-refractivity contribution is 6.32. The fourth-order valence-electron chi connectivity index (χ4n) is 12.2. The van der Waals surface area contributed by atoms with Crippen molar-refractivity contribution in [2.45, 2.75) is 212 Å². The highest BCUT2D eigenvalue weighted by atomic mass is 16.8. The summed E-state index contributed by atoms with van der Waals surface area (Å²) in [6, 6.07) is -0.906. The Morgan fingerprint density at radius 2 is 1.59 bits per heavy atom. The first-order chi connectivity index (χ1) is 28.5. The maximum Gasteiger partial charge on any atom is 0.396 e. The summed E-state index contributed by atoms with van der Waals surface area (Å²) in [7, 11) is 0. The van der Waals surface area contributed by atoms with E-state index in [2.05, 4.69) is 19.2 Å². The number of nitrogens with one attached hydrogen (secondary N) is 1. The minimum Gasteiger partial charge on any atom is -0.481 e. The molecule has 5 fully saturated rings. The number of carboxylic acid groups (broad SMARTS) is 1. The number of esters is 1. The van der Waals surface area contributed by atoms with Crippen LogP contribution in [0.5, 0.6) is 0 Å². The normalized spacial score (nSPS) is 45.3. The second-order valence-electron chi connectivity index (χ2n) is 20.2. The summed E-state index contributed by atoms with van der Waals surface area (Å²) in [6.07, 6.45) is 6.56. The van der Waals surface area contributed by atoms with Crippen LogP contribution in [0.2, 0.25) is 0 Å². The van der Waals surface area contributed by atoms with Gasteiger partial charge in [-0.2, -0.15) is 0 Å². The summed E-state index contributed by atoms with van der Waals surface area (Å²) < 4.78 is 39.5. The zero-order valence-corrected chi connectivity index (χ0v) is 38.5. The average molecular weight is 862 g/mol. The summed E-state index contributed by atoms with van der Waals surface area (Å²) in [4.78, 5) is 52.6. The van der Waals surface area contributed by atoms with Gasteiger partial charge in [0.15, 0.2) is 11.6 Å². The van der Waals surface area contributed by atoms with Gasteiger partial charge in [0.25, 0.3) is 0 Å². The summed E-state index contributed by atoms with van der Waals surface area (Å²) in [5, 5.41) is 36.0. The Bertz CT molecular complexity index is 1690. The predicted molar refractivity (Wildman–Crippen MR) is 224 cm³/mol. The molecule has 5 heterocycles.